The van der Waals surface area contributed by atoms with Gasteiger partial charge in [0.1, 0.15) is 5.52 Å². The second-order valence-electron chi connectivity index (χ2n) is 4.95. The molecule has 0 unspecified atom stereocenters. The average Bonchev–Trinajstić information content (AvgIpc) is 2.97. The normalized spacial score (nSPS) is 11.3. The van der Waals surface area contributed by atoms with Gasteiger partial charge in [0, 0.05) is 17.0 Å². The van der Waals surface area contributed by atoms with Gasteiger partial charge in [0.25, 0.3) is 0 Å². The van der Waals surface area contributed by atoms with E-state index in [4.69, 9.17) is 4.74 Å². The van der Waals surface area contributed by atoms with Crippen LogP contribution >= 0.6 is 11.3 Å². The molecule has 2 aromatic heterocycles. The van der Waals surface area contributed by atoms with Gasteiger partial charge in [0.15, 0.2) is 22.4 Å². The average molecular weight is 303 g/mol. The third kappa shape index (κ3) is 2.47. The number of fused-ring (bicyclic) bond motifs is 1. The van der Waals surface area contributed by atoms with Crippen LogP contribution in [0.4, 0.5) is 4.39 Å². The molecular weight excluding hydrogens is 289 g/mol. The minimum atomic E-state index is -0.473. The summed E-state index contributed by atoms with van der Waals surface area (Å²) in [6, 6.07) is 3.31. The van der Waals surface area contributed by atoms with Gasteiger partial charge in [-0.2, -0.15) is 0 Å². The van der Waals surface area contributed by atoms with Gasteiger partial charge in [-0.15, -0.1) is 11.3 Å². The van der Waals surface area contributed by atoms with E-state index in [0.29, 0.717) is 22.1 Å². The topological polar surface area (TPSA) is 47.9 Å². The molecule has 3 aromatic rings. The maximum Gasteiger partial charge on any atom is 0.191 e. The number of hydrogen-bond donors (Lipinski definition) is 0. The number of halogens is 1. The molecule has 0 aliphatic carbocycles. The SMILES string of the molecule is COc1ccc2cnc(-c3nc(C(C)C)cs3)nc2c1F. The molecule has 0 aliphatic heterocycles. The Kier molecular flexibility index (Phi) is 3.55. The minimum Gasteiger partial charge on any atom is -0.494 e. The first-order chi connectivity index (χ1) is 10.1. The van der Waals surface area contributed by atoms with E-state index in [1.54, 1.807) is 18.3 Å². The van der Waals surface area contributed by atoms with Gasteiger partial charge in [-0.1, -0.05) is 13.8 Å². The first-order valence-electron chi connectivity index (χ1n) is 6.55. The molecular formula is C15H14FN3OS. The largest absolute Gasteiger partial charge is 0.494 e. The van der Waals surface area contributed by atoms with Crippen LogP contribution < -0.4 is 4.74 Å². The highest BCUT2D eigenvalue weighted by atomic mass is 32.1. The maximum absolute atomic E-state index is 14.3. The van der Waals surface area contributed by atoms with Crippen LogP contribution in [0.3, 0.4) is 0 Å². The number of rotatable bonds is 3. The number of methoxy groups -OCH3 is 1. The van der Waals surface area contributed by atoms with Gasteiger partial charge in [-0.05, 0) is 18.1 Å². The van der Waals surface area contributed by atoms with Crippen molar-refractivity contribution in [1.29, 1.82) is 0 Å². The lowest BCUT2D eigenvalue weighted by molar-refractivity contribution is 0.388. The molecule has 0 atom stereocenters. The zero-order chi connectivity index (χ0) is 15.0. The van der Waals surface area contributed by atoms with E-state index in [2.05, 4.69) is 28.8 Å². The molecule has 2 heterocycles. The molecule has 0 amide bonds. The summed E-state index contributed by atoms with van der Waals surface area (Å²) in [5.74, 6) is 0.479. The van der Waals surface area contributed by atoms with Crippen molar-refractivity contribution in [1.82, 2.24) is 15.0 Å². The second-order valence-corrected chi connectivity index (χ2v) is 5.80. The van der Waals surface area contributed by atoms with Crippen LogP contribution in [0.15, 0.2) is 23.7 Å². The van der Waals surface area contributed by atoms with E-state index in [1.165, 1.54) is 18.4 Å². The summed E-state index contributed by atoms with van der Waals surface area (Å²) < 4.78 is 19.3. The number of ether oxygens (including phenoxy) is 1. The van der Waals surface area contributed by atoms with Crippen LogP contribution in [0.1, 0.15) is 25.5 Å². The predicted octanol–water partition coefficient (Wildman–Crippen LogP) is 4.02. The summed E-state index contributed by atoms with van der Waals surface area (Å²) in [7, 11) is 1.43. The molecule has 0 fully saturated rings. The number of benzene rings is 1. The van der Waals surface area contributed by atoms with Crippen LogP contribution in [-0.2, 0) is 0 Å². The van der Waals surface area contributed by atoms with Crippen LogP contribution in [0.5, 0.6) is 5.75 Å². The Morgan fingerprint density at radius 2 is 2.05 bits per heavy atom. The molecule has 21 heavy (non-hydrogen) atoms. The molecule has 6 heteroatoms. The van der Waals surface area contributed by atoms with Crippen molar-refractivity contribution in [2.24, 2.45) is 0 Å². The van der Waals surface area contributed by atoms with Crippen molar-refractivity contribution >= 4 is 22.2 Å². The highest BCUT2D eigenvalue weighted by molar-refractivity contribution is 7.13. The van der Waals surface area contributed by atoms with E-state index in [9.17, 15) is 4.39 Å². The first-order valence-corrected chi connectivity index (χ1v) is 7.43. The van der Waals surface area contributed by atoms with Gasteiger partial charge in [-0.3, -0.25) is 0 Å². The molecule has 1 aromatic carbocycles. The third-order valence-electron chi connectivity index (χ3n) is 3.18. The van der Waals surface area contributed by atoms with Gasteiger partial charge in [0.05, 0.1) is 12.8 Å². The Balaban J connectivity index is 2.13. The summed E-state index contributed by atoms with van der Waals surface area (Å²) >= 11 is 1.47. The predicted molar refractivity (Wildman–Crippen MR) is 81.2 cm³/mol. The molecule has 0 spiro atoms. The van der Waals surface area contributed by atoms with Gasteiger partial charge >= 0.3 is 0 Å². The van der Waals surface area contributed by atoms with Crippen LogP contribution in [0.2, 0.25) is 0 Å². The smallest absolute Gasteiger partial charge is 0.191 e. The fourth-order valence-corrected chi connectivity index (χ4v) is 2.88. The Bertz CT molecular complexity index is 801. The van der Waals surface area contributed by atoms with Crippen molar-refractivity contribution in [3.05, 3.63) is 35.2 Å². The minimum absolute atomic E-state index is 0.175. The molecule has 0 bridgehead atoms. The highest BCUT2D eigenvalue weighted by Gasteiger charge is 2.14. The van der Waals surface area contributed by atoms with Crippen molar-refractivity contribution < 1.29 is 9.13 Å². The molecule has 0 N–H and O–H groups in total. The molecule has 0 saturated heterocycles. The summed E-state index contributed by atoms with van der Waals surface area (Å²) in [6.45, 7) is 4.15. The second kappa shape index (κ2) is 5.37. The van der Waals surface area contributed by atoms with E-state index in [-0.39, 0.29) is 11.3 Å². The lowest BCUT2D eigenvalue weighted by Crippen LogP contribution is -1.95. The van der Waals surface area contributed by atoms with E-state index >= 15 is 0 Å². The maximum atomic E-state index is 14.3. The molecule has 0 saturated carbocycles. The zero-order valence-electron chi connectivity index (χ0n) is 11.9. The van der Waals surface area contributed by atoms with E-state index in [0.717, 1.165) is 5.69 Å². The lowest BCUT2D eigenvalue weighted by Gasteiger charge is -2.05. The van der Waals surface area contributed by atoms with Crippen LogP contribution in [0, 0.1) is 5.82 Å². The standard InChI is InChI=1S/C15H14FN3OS/c1-8(2)10-7-21-15(18-10)14-17-6-9-4-5-11(20-3)12(16)13(9)19-14/h4-8H,1-3H3. The van der Waals surface area contributed by atoms with Crippen LogP contribution in [0.25, 0.3) is 21.7 Å². The van der Waals surface area contributed by atoms with E-state index in [1.807, 2.05) is 5.38 Å². The van der Waals surface area contributed by atoms with Gasteiger partial charge in [0.2, 0.25) is 0 Å². The molecule has 0 aliphatic rings. The molecule has 4 nitrogen and oxygen atoms in total. The van der Waals surface area contributed by atoms with Crippen molar-refractivity contribution in [3.63, 3.8) is 0 Å². The number of hydrogen-bond acceptors (Lipinski definition) is 5. The summed E-state index contributed by atoms with van der Waals surface area (Å²) in [5.41, 5.74) is 1.24. The van der Waals surface area contributed by atoms with Crippen LogP contribution in [-0.4, -0.2) is 22.1 Å². The lowest BCUT2D eigenvalue weighted by atomic mass is 10.2. The summed E-state index contributed by atoms with van der Waals surface area (Å²) in [4.78, 5) is 13.1. The summed E-state index contributed by atoms with van der Waals surface area (Å²) in [6.07, 6.45) is 1.61. The molecule has 108 valence electrons. The van der Waals surface area contributed by atoms with Gasteiger partial charge in [-0.25, -0.2) is 19.3 Å². The van der Waals surface area contributed by atoms with Crippen molar-refractivity contribution in [2.75, 3.05) is 7.11 Å². The van der Waals surface area contributed by atoms with Gasteiger partial charge < -0.3 is 4.74 Å². The summed E-state index contributed by atoms with van der Waals surface area (Å²) in [5, 5.41) is 3.32. The fourth-order valence-electron chi connectivity index (χ4n) is 1.96. The zero-order valence-corrected chi connectivity index (χ0v) is 12.7. The number of thiazole rings is 1. The monoisotopic (exact) mass is 303 g/mol. The third-order valence-corrected chi connectivity index (χ3v) is 4.04. The Morgan fingerprint density at radius 1 is 1.24 bits per heavy atom. The number of nitrogens with zero attached hydrogens (tertiary/aromatic N) is 3. The first kappa shape index (κ1) is 13.9. The Morgan fingerprint density at radius 3 is 2.71 bits per heavy atom. The van der Waals surface area contributed by atoms with E-state index < -0.39 is 5.82 Å². The fraction of sp³-hybridized carbons (Fsp3) is 0.267. The molecule has 0 radical (unpaired) electrons. The van der Waals surface area contributed by atoms with Crippen molar-refractivity contribution in [2.45, 2.75) is 19.8 Å². The quantitative estimate of drug-likeness (QED) is 0.733. The van der Waals surface area contributed by atoms with Crippen molar-refractivity contribution in [3.8, 4) is 16.6 Å². The highest BCUT2D eigenvalue weighted by Crippen LogP contribution is 2.28. The Hall–Kier alpha value is -2.08. The molecule has 3 rings (SSSR count). The number of aromatic nitrogens is 3. The Labute approximate surface area is 125 Å².